The van der Waals surface area contributed by atoms with E-state index in [1.54, 1.807) is 24.3 Å². The molecule has 1 aromatic carbocycles. The number of nitrogens with one attached hydrogen (secondary N) is 1. The van der Waals surface area contributed by atoms with Gasteiger partial charge in [0.15, 0.2) is 0 Å². The zero-order valence-electron chi connectivity index (χ0n) is 20.1. The highest BCUT2D eigenvalue weighted by molar-refractivity contribution is 5.89. The van der Waals surface area contributed by atoms with E-state index in [0.29, 0.717) is 11.4 Å². The second-order valence-corrected chi connectivity index (χ2v) is 9.05. The number of carbonyl (C=O) groups excluding carboxylic acids is 2. The highest BCUT2D eigenvalue weighted by Crippen LogP contribution is 2.40. The second-order valence-electron chi connectivity index (χ2n) is 9.05. The number of esters is 1. The largest absolute Gasteiger partial charge is 0.423 e. The zero-order valence-corrected chi connectivity index (χ0v) is 20.1. The standard InChI is InChI=1S/C28H35NO3/c1-20(15-16-26-22(3)12-9-17-28(26,5)6)10-7-11-21(2)18-27(31)32-25-14-8-13-24(19-25)29-23(4)30/h7-8,10-11,13-16,18-19H,9,12,17H2,1-6H3,(H,29,30)/b11-7+,16-15+,20-10+,21-18+. The molecule has 170 valence electrons. The molecule has 1 amide bonds. The van der Waals surface area contributed by atoms with Crippen molar-refractivity contribution in [1.82, 2.24) is 0 Å². The van der Waals surface area contributed by atoms with Crippen LogP contribution in [0.1, 0.15) is 60.8 Å². The molecule has 0 spiro atoms. The Morgan fingerprint density at radius 1 is 1.09 bits per heavy atom. The molecule has 0 aromatic heterocycles. The number of hydrogen-bond acceptors (Lipinski definition) is 3. The lowest BCUT2D eigenvalue weighted by atomic mass is 9.72. The molecule has 0 bridgehead atoms. The minimum atomic E-state index is -0.463. The molecule has 4 nitrogen and oxygen atoms in total. The van der Waals surface area contributed by atoms with Gasteiger partial charge in [-0.2, -0.15) is 0 Å². The lowest BCUT2D eigenvalue weighted by molar-refractivity contribution is -0.129. The summed E-state index contributed by atoms with van der Waals surface area (Å²) in [5, 5.41) is 2.66. The first-order valence-electron chi connectivity index (χ1n) is 11.1. The molecule has 32 heavy (non-hydrogen) atoms. The number of hydrogen-bond donors (Lipinski definition) is 1. The Morgan fingerprint density at radius 2 is 1.84 bits per heavy atom. The second kappa shape index (κ2) is 11.5. The number of ether oxygens (including phenoxy) is 1. The monoisotopic (exact) mass is 433 g/mol. The summed E-state index contributed by atoms with van der Waals surface area (Å²) in [5.41, 5.74) is 5.68. The lowest BCUT2D eigenvalue weighted by Crippen LogP contribution is -2.19. The number of allylic oxidation sites excluding steroid dienone is 9. The van der Waals surface area contributed by atoms with Crippen LogP contribution in [0.3, 0.4) is 0 Å². The third-order valence-electron chi connectivity index (χ3n) is 5.49. The van der Waals surface area contributed by atoms with E-state index in [1.807, 2.05) is 25.2 Å². The molecule has 0 heterocycles. The van der Waals surface area contributed by atoms with Gasteiger partial charge in [0.25, 0.3) is 0 Å². The predicted molar refractivity (Wildman–Crippen MR) is 133 cm³/mol. The van der Waals surface area contributed by atoms with Crippen molar-refractivity contribution in [3.63, 3.8) is 0 Å². The van der Waals surface area contributed by atoms with E-state index in [4.69, 9.17) is 4.74 Å². The van der Waals surface area contributed by atoms with Crippen LogP contribution in [0.2, 0.25) is 0 Å². The molecule has 2 rings (SSSR count). The molecule has 0 aliphatic heterocycles. The van der Waals surface area contributed by atoms with Gasteiger partial charge in [-0.3, -0.25) is 4.79 Å². The normalized spacial score (nSPS) is 17.2. The molecule has 1 aromatic rings. The van der Waals surface area contributed by atoms with Crippen LogP contribution in [0.15, 0.2) is 83.0 Å². The van der Waals surface area contributed by atoms with Crippen molar-refractivity contribution < 1.29 is 14.3 Å². The first kappa shape index (κ1) is 25.1. The molecule has 0 saturated heterocycles. The fourth-order valence-electron chi connectivity index (χ4n) is 3.85. The lowest BCUT2D eigenvalue weighted by Gasteiger charge is -2.32. The molecular weight excluding hydrogens is 398 g/mol. The average molecular weight is 434 g/mol. The van der Waals surface area contributed by atoms with E-state index in [2.05, 4.69) is 45.2 Å². The summed E-state index contributed by atoms with van der Waals surface area (Å²) in [6.07, 6.45) is 15.4. The van der Waals surface area contributed by atoms with E-state index in [-0.39, 0.29) is 11.3 Å². The molecule has 1 aliphatic rings. The summed E-state index contributed by atoms with van der Waals surface area (Å²) >= 11 is 0. The summed E-state index contributed by atoms with van der Waals surface area (Å²) in [7, 11) is 0. The Balaban J connectivity index is 1.97. The minimum Gasteiger partial charge on any atom is -0.423 e. The Morgan fingerprint density at radius 3 is 2.53 bits per heavy atom. The summed E-state index contributed by atoms with van der Waals surface area (Å²) < 4.78 is 5.34. The van der Waals surface area contributed by atoms with Gasteiger partial charge in [-0.05, 0) is 68.7 Å². The third-order valence-corrected chi connectivity index (χ3v) is 5.49. The molecule has 4 heteroatoms. The topological polar surface area (TPSA) is 55.4 Å². The van der Waals surface area contributed by atoms with Crippen LogP contribution in [0.25, 0.3) is 0 Å². The summed E-state index contributed by atoms with van der Waals surface area (Å²) in [6, 6.07) is 6.74. The summed E-state index contributed by atoms with van der Waals surface area (Å²) in [4.78, 5) is 23.3. The zero-order chi connectivity index (χ0) is 23.7. The van der Waals surface area contributed by atoms with E-state index in [1.165, 1.54) is 43.4 Å². The highest BCUT2D eigenvalue weighted by Gasteiger charge is 2.26. The number of benzene rings is 1. The first-order chi connectivity index (χ1) is 15.1. The van der Waals surface area contributed by atoms with Crippen LogP contribution in [0, 0.1) is 5.41 Å². The van der Waals surface area contributed by atoms with Crippen molar-refractivity contribution in [2.24, 2.45) is 5.41 Å². The smallest absolute Gasteiger partial charge is 0.336 e. The summed E-state index contributed by atoms with van der Waals surface area (Å²) in [6.45, 7) is 12.2. The Kier molecular flexibility index (Phi) is 9.01. The number of carbonyl (C=O) groups is 2. The van der Waals surface area contributed by atoms with Gasteiger partial charge >= 0.3 is 5.97 Å². The average Bonchev–Trinajstić information content (AvgIpc) is 2.66. The molecule has 0 fully saturated rings. The van der Waals surface area contributed by atoms with Gasteiger partial charge in [0, 0.05) is 24.8 Å². The number of amides is 1. The SMILES string of the molecule is CC(=O)Nc1cccc(OC(=O)/C=C(C)/C=C/C=C(C)/C=C/C2=C(C)CCCC2(C)C)c1. The molecular formula is C28H35NO3. The van der Waals surface area contributed by atoms with Crippen LogP contribution >= 0.6 is 0 Å². The fourth-order valence-corrected chi connectivity index (χ4v) is 3.85. The minimum absolute atomic E-state index is 0.179. The van der Waals surface area contributed by atoms with Crippen molar-refractivity contribution >= 4 is 17.6 Å². The molecule has 1 aliphatic carbocycles. The molecule has 0 unspecified atom stereocenters. The van der Waals surface area contributed by atoms with Gasteiger partial charge in [0.05, 0.1) is 0 Å². The van der Waals surface area contributed by atoms with Gasteiger partial charge in [0.2, 0.25) is 5.91 Å². The van der Waals surface area contributed by atoms with Gasteiger partial charge in [-0.25, -0.2) is 4.79 Å². The summed E-state index contributed by atoms with van der Waals surface area (Å²) in [5.74, 6) is -0.262. The highest BCUT2D eigenvalue weighted by atomic mass is 16.5. The fraction of sp³-hybridized carbons (Fsp3) is 0.357. The van der Waals surface area contributed by atoms with Gasteiger partial charge in [-0.15, -0.1) is 0 Å². The maximum atomic E-state index is 12.2. The van der Waals surface area contributed by atoms with Crippen molar-refractivity contribution in [1.29, 1.82) is 0 Å². The van der Waals surface area contributed by atoms with E-state index >= 15 is 0 Å². The van der Waals surface area contributed by atoms with Crippen LogP contribution in [-0.4, -0.2) is 11.9 Å². The van der Waals surface area contributed by atoms with Crippen molar-refractivity contribution in [3.8, 4) is 5.75 Å². The van der Waals surface area contributed by atoms with E-state index in [9.17, 15) is 9.59 Å². The molecule has 0 atom stereocenters. The van der Waals surface area contributed by atoms with E-state index < -0.39 is 5.97 Å². The Hall–Kier alpha value is -3.14. The van der Waals surface area contributed by atoms with Gasteiger partial charge in [-0.1, -0.05) is 61.4 Å². The predicted octanol–water partition coefficient (Wildman–Crippen LogP) is 7.08. The van der Waals surface area contributed by atoms with Crippen molar-refractivity contribution in [3.05, 3.63) is 83.0 Å². The quantitative estimate of drug-likeness (QED) is 0.216. The maximum Gasteiger partial charge on any atom is 0.336 e. The van der Waals surface area contributed by atoms with Gasteiger partial charge in [0.1, 0.15) is 5.75 Å². The molecule has 1 N–H and O–H groups in total. The molecule has 0 radical (unpaired) electrons. The van der Waals surface area contributed by atoms with Crippen LogP contribution in [0.4, 0.5) is 5.69 Å². The van der Waals surface area contributed by atoms with Crippen molar-refractivity contribution in [2.45, 2.75) is 60.8 Å². The number of anilines is 1. The number of rotatable bonds is 7. The van der Waals surface area contributed by atoms with Crippen LogP contribution < -0.4 is 10.1 Å². The Labute approximate surface area is 192 Å². The van der Waals surface area contributed by atoms with E-state index in [0.717, 1.165) is 11.1 Å². The van der Waals surface area contributed by atoms with Crippen molar-refractivity contribution in [2.75, 3.05) is 5.32 Å². The maximum absolute atomic E-state index is 12.2. The van der Waals surface area contributed by atoms with Crippen LogP contribution in [0.5, 0.6) is 5.75 Å². The molecule has 0 saturated carbocycles. The van der Waals surface area contributed by atoms with Crippen LogP contribution in [-0.2, 0) is 9.59 Å². The van der Waals surface area contributed by atoms with Gasteiger partial charge < -0.3 is 10.1 Å². The third kappa shape index (κ3) is 8.18. The Bertz CT molecular complexity index is 1000. The first-order valence-corrected chi connectivity index (χ1v) is 11.1.